The van der Waals surface area contributed by atoms with Crippen LogP contribution in [-0.2, 0) is 16.1 Å². The Kier molecular flexibility index (Phi) is 6.72. The van der Waals surface area contributed by atoms with Crippen LogP contribution in [0.15, 0.2) is 24.3 Å². The third-order valence-electron chi connectivity index (χ3n) is 4.26. The number of nitrogens with zero attached hydrogens (tertiary/aromatic N) is 1. The molecule has 7 nitrogen and oxygen atoms in total. The third-order valence-corrected chi connectivity index (χ3v) is 4.26. The summed E-state index contributed by atoms with van der Waals surface area (Å²) in [6, 6.07) is 6.71. The minimum absolute atomic E-state index is 0.00574. The SMILES string of the molecule is Cc1ccccc1CN1CCNC(=O)[C@H]1CC(=O)NC(CO)CO. The molecule has 4 N–H and O–H groups in total. The first-order valence-corrected chi connectivity index (χ1v) is 8.12. The molecule has 0 aromatic heterocycles. The molecule has 1 aliphatic heterocycles. The number of carbonyl (C=O) groups is 2. The molecule has 2 rings (SSSR count). The highest BCUT2D eigenvalue weighted by molar-refractivity contribution is 5.88. The van der Waals surface area contributed by atoms with Crippen LogP contribution < -0.4 is 10.6 Å². The second-order valence-electron chi connectivity index (χ2n) is 6.04. The van der Waals surface area contributed by atoms with Gasteiger partial charge in [0.15, 0.2) is 0 Å². The van der Waals surface area contributed by atoms with Crippen LogP contribution in [0.4, 0.5) is 0 Å². The van der Waals surface area contributed by atoms with E-state index in [4.69, 9.17) is 10.2 Å². The summed E-state index contributed by atoms with van der Waals surface area (Å²) in [5, 5.41) is 23.4. The monoisotopic (exact) mass is 335 g/mol. The van der Waals surface area contributed by atoms with E-state index >= 15 is 0 Å². The molecule has 2 amide bonds. The van der Waals surface area contributed by atoms with Gasteiger partial charge in [0, 0.05) is 19.6 Å². The molecule has 1 heterocycles. The number of aliphatic hydroxyl groups excluding tert-OH is 2. The predicted molar refractivity (Wildman–Crippen MR) is 89.1 cm³/mol. The van der Waals surface area contributed by atoms with E-state index < -0.39 is 12.1 Å². The number of nitrogens with one attached hydrogen (secondary N) is 2. The quantitative estimate of drug-likeness (QED) is 0.520. The first kappa shape index (κ1) is 18.4. The summed E-state index contributed by atoms with van der Waals surface area (Å²) in [5.41, 5.74) is 2.27. The fourth-order valence-electron chi connectivity index (χ4n) is 2.79. The highest BCUT2D eigenvalue weighted by Crippen LogP contribution is 2.16. The van der Waals surface area contributed by atoms with Gasteiger partial charge in [0.25, 0.3) is 0 Å². The van der Waals surface area contributed by atoms with Gasteiger partial charge in [-0.1, -0.05) is 24.3 Å². The fraction of sp³-hybridized carbons (Fsp3) is 0.529. The first-order valence-electron chi connectivity index (χ1n) is 8.12. The van der Waals surface area contributed by atoms with Crippen molar-refractivity contribution in [3.63, 3.8) is 0 Å². The lowest BCUT2D eigenvalue weighted by Crippen LogP contribution is -2.56. The smallest absolute Gasteiger partial charge is 0.237 e. The van der Waals surface area contributed by atoms with Gasteiger partial charge in [-0.25, -0.2) is 0 Å². The molecular formula is C17H25N3O4. The second kappa shape index (κ2) is 8.77. The summed E-state index contributed by atoms with van der Waals surface area (Å²) < 4.78 is 0. The molecule has 132 valence electrons. The number of piperazine rings is 1. The van der Waals surface area contributed by atoms with E-state index in [1.807, 2.05) is 36.1 Å². The van der Waals surface area contributed by atoms with Gasteiger partial charge >= 0.3 is 0 Å². The Balaban J connectivity index is 2.04. The molecule has 1 saturated heterocycles. The average Bonchev–Trinajstić information content (AvgIpc) is 2.57. The molecule has 0 bridgehead atoms. The third kappa shape index (κ3) is 4.77. The predicted octanol–water partition coefficient (Wildman–Crippen LogP) is -0.845. The maximum atomic E-state index is 12.2. The van der Waals surface area contributed by atoms with E-state index in [0.29, 0.717) is 19.6 Å². The molecule has 24 heavy (non-hydrogen) atoms. The molecule has 1 atom stereocenters. The largest absolute Gasteiger partial charge is 0.394 e. The number of benzene rings is 1. The van der Waals surface area contributed by atoms with Gasteiger partial charge in [0.1, 0.15) is 0 Å². The van der Waals surface area contributed by atoms with Crippen LogP contribution in [0.1, 0.15) is 17.5 Å². The zero-order valence-electron chi connectivity index (χ0n) is 13.9. The molecular weight excluding hydrogens is 310 g/mol. The van der Waals surface area contributed by atoms with Crippen LogP contribution in [-0.4, -0.2) is 65.3 Å². The van der Waals surface area contributed by atoms with Crippen LogP contribution >= 0.6 is 0 Å². The van der Waals surface area contributed by atoms with Crippen molar-refractivity contribution >= 4 is 11.8 Å². The molecule has 1 fully saturated rings. The topological polar surface area (TPSA) is 102 Å². The van der Waals surface area contributed by atoms with Crippen LogP contribution in [0.25, 0.3) is 0 Å². The van der Waals surface area contributed by atoms with Crippen LogP contribution in [0.5, 0.6) is 0 Å². The summed E-state index contributed by atoms with van der Waals surface area (Å²) in [7, 11) is 0. The molecule has 0 unspecified atom stereocenters. The Labute approximate surface area is 141 Å². The average molecular weight is 335 g/mol. The van der Waals surface area contributed by atoms with Crippen molar-refractivity contribution in [3.8, 4) is 0 Å². The van der Waals surface area contributed by atoms with Crippen LogP contribution in [0, 0.1) is 6.92 Å². The van der Waals surface area contributed by atoms with Gasteiger partial charge in [-0.3, -0.25) is 14.5 Å². The van der Waals surface area contributed by atoms with Gasteiger partial charge in [-0.2, -0.15) is 0 Å². The van der Waals surface area contributed by atoms with E-state index in [1.54, 1.807) is 0 Å². The first-order chi connectivity index (χ1) is 11.5. The minimum atomic E-state index is -0.700. The summed E-state index contributed by atoms with van der Waals surface area (Å²) in [4.78, 5) is 26.3. The summed E-state index contributed by atoms with van der Waals surface area (Å²) in [5.74, 6) is -0.533. The molecule has 0 radical (unpaired) electrons. The lowest BCUT2D eigenvalue weighted by molar-refractivity contribution is -0.134. The number of hydrogen-bond acceptors (Lipinski definition) is 5. The second-order valence-corrected chi connectivity index (χ2v) is 6.04. The standard InChI is InChI=1S/C17H25N3O4/c1-12-4-2-3-5-13(12)9-20-7-6-18-17(24)15(20)8-16(23)19-14(10-21)11-22/h2-5,14-15,21-22H,6-11H2,1H3,(H,18,24)(H,19,23)/t15-/m1/s1. The van der Waals surface area contributed by atoms with Crippen molar-refractivity contribution in [1.29, 1.82) is 0 Å². The van der Waals surface area contributed by atoms with Crippen molar-refractivity contribution in [2.75, 3.05) is 26.3 Å². The summed E-state index contributed by atoms with van der Waals surface area (Å²) >= 11 is 0. The molecule has 0 saturated carbocycles. The number of aliphatic hydroxyl groups is 2. The van der Waals surface area contributed by atoms with Gasteiger partial charge in [0.2, 0.25) is 11.8 Å². The van der Waals surface area contributed by atoms with Gasteiger partial charge in [-0.05, 0) is 18.1 Å². The molecule has 0 aliphatic carbocycles. The Morgan fingerprint density at radius 2 is 2.08 bits per heavy atom. The van der Waals surface area contributed by atoms with Crippen molar-refractivity contribution in [1.82, 2.24) is 15.5 Å². The van der Waals surface area contributed by atoms with E-state index in [1.165, 1.54) is 0 Å². The van der Waals surface area contributed by atoms with Gasteiger partial charge in [0.05, 0.1) is 31.7 Å². The van der Waals surface area contributed by atoms with Crippen molar-refractivity contribution < 1.29 is 19.8 Å². The van der Waals surface area contributed by atoms with E-state index in [0.717, 1.165) is 11.1 Å². The number of amides is 2. The normalized spacial score (nSPS) is 18.5. The van der Waals surface area contributed by atoms with Crippen molar-refractivity contribution in [3.05, 3.63) is 35.4 Å². The number of carbonyl (C=O) groups excluding carboxylic acids is 2. The Bertz CT molecular complexity index is 575. The summed E-state index contributed by atoms with van der Waals surface area (Å²) in [6.07, 6.45) is -0.00574. The highest BCUT2D eigenvalue weighted by Gasteiger charge is 2.32. The lowest BCUT2D eigenvalue weighted by Gasteiger charge is -2.35. The Hall–Kier alpha value is -1.96. The molecule has 7 heteroatoms. The van der Waals surface area contributed by atoms with Crippen LogP contribution in [0.3, 0.4) is 0 Å². The van der Waals surface area contributed by atoms with Gasteiger partial charge in [-0.15, -0.1) is 0 Å². The van der Waals surface area contributed by atoms with Gasteiger partial charge < -0.3 is 20.8 Å². The molecule has 1 aliphatic rings. The molecule has 1 aromatic rings. The number of hydrogen-bond donors (Lipinski definition) is 4. The lowest BCUT2D eigenvalue weighted by atomic mass is 10.0. The van der Waals surface area contributed by atoms with Crippen molar-refractivity contribution in [2.45, 2.75) is 32.0 Å². The zero-order chi connectivity index (χ0) is 17.5. The highest BCUT2D eigenvalue weighted by atomic mass is 16.3. The number of rotatable bonds is 7. The summed E-state index contributed by atoms with van der Waals surface area (Å²) in [6.45, 7) is 3.16. The van der Waals surface area contributed by atoms with E-state index in [2.05, 4.69) is 10.6 Å². The maximum absolute atomic E-state index is 12.2. The molecule has 1 aromatic carbocycles. The number of aryl methyl sites for hydroxylation is 1. The minimum Gasteiger partial charge on any atom is -0.394 e. The van der Waals surface area contributed by atoms with Crippen molar-refractivity contribution in [2.24, 2.45) is 0 Å². The van der Waals surface area contributed by atoms with E-state index in [9.17, 15) is 9.59 Å². The Morgan fingerprint density at radius 1 is 1.38 bits per heavy atom. The zero-order valence-corrected chi connectivity index (χ0v) is 13.9. The van der Waals surface area contributed by atoms with Crippen LogP contribution in [0.2, 0.25) is 0 Å². The van der Waals surface area contributed by atoms with E-state index in [-0.39, 0.29) is 31.4 Å². The Morgan fingerprint density at radius 3 is 2.75 bits per heavy atom. The fourth-order valence-corrected chi connectivity index (χ4v) is 2.79. The molecule has 0 spiro atoms. The maximum Gasteiger partial charge on any atom is 0.237 e.